The summed E-state index contributed by atoms with van der Waals surface area (Å²) in [5.41, 5.74) is 3.68. The van der Waals surface area contributed by atoms with Gasteiger partial charge in [-0.2, -0.15) is 5.10 Å². The smallest absolute Gasteiger partial charge is 0.177 e. The first-order chi connectivity index (χ1) is 11.6. The second kappa shape index (κ2) is 5.54. The largest absolute Gasteiger partial charge is 0.496 e. The lowest BCUT2D eigenvalue weighted by atomic mass is 10.1. The number of benzene rings is 1. The molecule has 4 rings (SSSR count). The van der Waals surface area contributed by atoms with E-state index in [1.807, 2.05) is 25.1 Å². The van der Waals surface area contributed by atoms with Gasteiger partial charge in [-0.25, -0.2) is 9.67 Å². The fourth-order valence-corrected chi connectivity index (χ4v) is 3.31. The lowest BCUT2D eigenvalue weighted by Crippen LogP contribution is -2.09. The molecule has 0 bridgehead atoms. The fourth-order valence-electron chi connectivity index (χ4n) is 3.31. The highest BCUT2D eigenvalue weighted by Gasteiger charge is 2.32. The maximum atomic E-state index is 5.51. The van der Waals surface area contributed by atoms with Crippen LogP contribution in [0.1, 0.15) is 31.5 Å². The van der Waals surface area contributed by atoms with Crippen LogP contribution in [0.25, 0.3) is 22.6 Å². The summed E-state index contributed by atoms with van der Waals surface area (Å²) in [5, 5.41) is 4.69. The highest BCUT2D eigenvalue weighted by Crippen LogP contribution is 2.41. The molecule has 0 amide bonds. The number of aryl methyl sites for hydroxylation is 1. The average molecular weight is 326 g/mol. The van der Waals surface area contributed by atoms with Crippen molar-refractivity contribution in [2.75, 3.05) is 14.2 Å². The lowest BCUT2D eigenvalue weighted by Gasteiger charge is -2.12. The number of ether oxygens (including phenoxy) is 2. The molecule has 1 saturated carbocycles. The van der Waals surface area contributed by atoms with Gasteiger partial charge in [0.2, 0.25) is 0 Å². The standard InChI is InChI=1S/C18H22N4O2/c1-10-16-18(22(21-10)11(2)12-8-9-12)20-17(19-16)15-13(23-3)6-5-7-14(15)24-4/h5-7,11-12H,8-9H2,1-4H3,(H,19,20). The van der Waals surface area contributed by atoms with Gasteiger partial charge in [-0.05, 0) is 44.7 Å². The normalized spacial score (nSPS) is 15.7. The quantitative estimate of drug-likeness (QED) is 0.776. The number of methoxy groups -OCH3 is 2. The summed E-state index contributed by atoms with van der Waals surface area (Å²) in [7, 11) is 3.31. The van der Waals surface area contributed by atoms with Crippen molar-refractivity contribution in [3.8, 4) is 22.9 Å². The number of hydrogen-bond donors (Lipinski definition) is 1. The number of aromatic nitrogens is 4. The van der Waals surface area contributed by atoms with Crippen molar-refractivity contribution in [1.82, 2.24) is 19.7 Å². The summed E-state index contributed by atoms with van der Waals surface area (Å²) in [6, 6.07) is 6.11. The highest BCUT2D eigenvalue weighted by atomic mass is 16.5. The molecule has 0 spiro atoms. The summed E-state index contributed by atoms with van der Waals surface area (Å²) in [5.74, 6) is 2.93. The van der Waals surface area contributed by atoms with E-state index in [1.165, 1.54) is 12.8 Å². The number of hydrogen-bond acceptors (Lipinski definition) is 4. The molecule has 1 aliphatic carbocycles. The van der Waals surface area contributed by atoms with Crippen LogP contribution in [0.4, 0.5) is 0 Å². The van der Waals surface area contributed by atoms with E-state index in [0.29, 0.717) is 12.0 Å². The molecule has 1 unspecified atom stereocenters. The second-order valence-corrected chi connectivity index (χ2v) is 6.43. The third-order valence-corrected chi connectivity index (χ3v) is 4.88. The van der Waals surface area contributed by atoms with Gasteiger partial charge < -0.3 is 14.5 Å². The summed E-state index contributed by atoms with van der Waals surface area (Å²) in [6.45, 7) is 4.24. The molecule has 0 aliphatic heterocycles. The molecule has 1 aliphatic rings. The third-order valence-electron chi connectivity index (χ3n) is 4.88. The van der Waals surface area contributed by atoms with Crippen molar-refractivity contribution in [3.63, 3.8) is 0 Å². The maximum absolute atomic E-state index is 5.51. The van der Waals surface area contributed by atoms with Crippen molar-refractivity contribution in [1.29, 1.82) is 0 Å². The van der Waals surface area contributed by atoms with Crippen LogP contribution in [-0.2, 0) is 0 Å². The first-order valence-corrected chi connectivity index (χ1v) is 8.30. The van der Waals surface area contributed by atoms with Crippen molar-refractivity contribution in [2.45, 2.75) is 32.7 Å². The molecule has 0 radical (unpaired) electrons. The van der Waals surface area contributed by atoms with Gasteiger partial charge in [0.05, 0.1) is 26.0 Å². The van der Waals surface area contributed by atoms with E-state index >= 15 is 0 Å². The van der Waals surface area contributed by atoms with Gasteiger partial charge in [0.25, 0.3) is 0 Å². The van der Waals surface area contributed by atoms with E-state index in [-0.39, 0.29) is 0 Å². The molecule has 6 nitrogen and oxygen atoms in total. The summed E-state index contributed by atoms with van der Waals surface area (Å²) < 4.78 is 13.1. The zero-order chi connectivity index (χ0) is 16.8. The van der Waals surface area contributed by atoms with Crippen molar-refractivity contribution >= 4 is 11.2 Å². The zero-order valence-corrected chi connectivity index (χ0v) is 14.5. The minimum Gasteiger partial charge on any atom is -0.496 e. The van der Waals surface area contributed by atoms with Gasteiger partial charge in [-0.15, -0.1) is 0 Å². The summed E-state index contributed by atoms with van der Waals surface area (Å²) in [6.07, 6.45) is 2.55. The second-order valence-electron chi connectivity index (χ2n) is 6.43. The molecule has 0 saturated heterocycles. The van der Waals surface area contributed by atoms with Gasteiger partial charge in [0.15, 0.2) is 5.65 Å². The number of fused-ring (bicyclic) bond motifs is 1. The van der Waals surface area contributed by atoms with Crippen LogP contribution in [0.3, 0.4) is 0 Å². The van der Waals surface area contributed by atoms with Crippen LogP contribution in [0.2, 0.25) is 0 Å². The number of imidazole rings is 1. The molecule has 1 N–H and O–H groups in total. The molecular formula is C18H22N4O2. The number of rotatable bonds is 5. The van der Waals surface area contributed by atoms with Crippen LogP contribution in [0.5, 0.6) is 11.5 Å². The number of nitrogens with one attached hydrogen (secondary N) is 1. The Hall–Kier alpha value is -2.50. The maximum Gasteiger partial charge on any atom is 0.177 e. The van der Waals surface area contributed by atoms with E-state index in [1.54, 1.807) is 14.2 Å². The first kappa shape index (κ1) is 15.1. The summed E-state index contributed by atoms with van der Waals surface area (Å²) in [4.78, 5) is 8.25. The van der Waals surface area contributed by atoms with E-state index in [9.17, 15) is 0 Å². The van der Waals surface area contributed by atoms with Crippen LogP contribution < -0.4 is 9.47 Å². The lowest BCUT2D eigenvalue weighted by molar-refractivity contribution is 0.397. The van der Waals surface area contributed by atoms with E-state index in [2.05, 4.69) is 16.6 Å². The Morgan fingerprint density at radius 1 is 1.21 bits per heavy atom. The van der Waals surface area contributed by atoms with Crippen molar-refractivity contribution in [3.05, 3.63) is 23.9 Å². The molecule has 24 heavy (non-hydrogen) atoms. The first-order valence-electron chi connectivity index (χ1n) is 8.30. The fraction of sp³-hybridized carbons (Fsp3) is 0.444. The Kier molecular flexibility index (Phi) is 3.48. The molecule has 1 atom stereocenters. The SMILES string of the molecule is COc1cccc(OC)c1-c1nc2c([nH]1)c(C)nn2C(C)C1CC1. The molecule has 3 aromatic rings. The number of aromatic amines is 1. The summed E-state index contributed by atoms with van der Waals surface area (Å²) >= 11 is 0. The third kappa shape index (κ3) is 2.25. The number of nitrogens with zero attached hydrogens (tertiary/aromatic N) is 3. The van der Waals surface area contributed by atoms with Crippen LogP contribution in [0, 0.1) is 12.8 Å². The zero-order valence-electron chi connectivity index (χ0n) is 14.5. The van der Waals surface area contributed by atoms with Crippen molar-refractivity contribution < 1.29 is 9.47 Å². The Bertz CT molecular complexity index is 870. The van der Waals surface area contributed by atoms with Gasteiger partial charge in [-0.3, -0.25) is 0 Å². The van der Waals surface area contributed by atoms with Crippen LogP contribution in [-0.4, -0.2) is 34.0 Å². The minimum atomic E-state index is 0.372. The Balaban J connectivity index is 1.89. The van der Waals surface area contributed by atoms with Gasteiger partial charge in [-0.1, -0.05) is 6.07 Å². The van der Waals surface area contributed by atoms with E-state index in [0.717, 1.165) is 39.7 Å². The monoisotopic (exact) mass is 326 g/mol. The predicted octanol–water partition coefficient (Wildman–Crippen LogP) is 3.72. The van der Waals surface area contributed by atoms with Crippen LogP contribution >= 0.6 is 0 Å². The van der Waals surface area contributed by atoms with Crippen LogP contribution in [0.15, 0.2) is 18.2 Å². The Morgan fingerprint density at radius 3 is 2.46 bits per heavy atom. The van der Waals surface area contributed by atoms with E-state index in [4.69, 9.17) is 19.6 Å². The van der Waals surface area contributed by atoms with Gasteiger partial charge in [0.1, 0.15) is 28.4 Å². The Labute approximate surface area is 140 Å². The number of H-pyrrole nitrogens is 1. The molecule has 1 fully saturated rings. The highest BCUT2D eigenvalue weighted by molar-refractivity contribution is 5.82. The molecule has 1 aromatic carbocycles. The van der Waals surface area contributed by atoms with Crippen molar-refractivity contribution in [2.24, 2.45) is 5.92 Å². The molecule has 6 heteroatoms. The topological polar surface area (TPSA) is 65.0 Å². The average Bonchev–Trinajstić information content (AvgIpc) is 3.29. The predicted molar refractivity (Wildman–Crippen MR) is 92.6 cm³/mol. The molecular weight excluding hydrogens is 304 g/mol. The van der Waals surface area contributed by atoms with Gasteiger partial charge in [0, 0.05) is 0 Å². The minimum absolute atomic E-state index is 0.372. The molecule has 2 heterocycles. The molecule has 2 aromatic heterocycles. The van der Waals surface area contributed by atoms with Gasteiger partial charge >= 0.3 is 0 Å². The van der Waals surface area contributed by atoms with E-state index < -0.39 is 0 Å². The Morgan fingerprint density at radius 2 is 1.88 bits per heavy atom. The molecule has 126 valence electrons.